The van der Waals surface area contributed by atoms with E-state index in [0.717, 1.165) is 11.6 Å². The van der Waals surface area contributed by atoms with Gasteiger partial charge in [-0.2, -0.15) is 4.98 Å². The number of nitrogens with zero attached hydrogens (tertiary/aromatic N) is 3. The molecule has 1 saturated carbocycles. The summed E-state index contributed by atoms with van der Waals surface area (Å²) >= 11 is 0. The van der Waals surface area contributed by atoms with Crippen LogP contribution in [0.3, 0.4) is 0 Å². The molecule has 1 heterocycles. The van der Waals surface area contributed by atoms with Crippen molar-refractivity contribution in [1.29, 1.82) is 0 Å². The summed E-state index contributed by atoms with van der Waals surface area (Å²) in [5.41, 5.74) is 0. The third kappa shape index (κ3) is 3.35. The first-order valence-corrected chi connectivity index (χ1v) is 6.93. The maximum atomic E-state index is 5.22. The standard InChI is InChI=1S/C14H24N4O/c1-10-16-13(9-14(17-10)19-4)18(3)12-7-5-11(15-2)6-8-12/h9,11-12,15H,5-8H2,1-4H3. The number of methoxy groups -OCH3 is 1. The summed E-state index contributed by atoms with van der Waals surface area (Å²) in [5, 5.41) is 3.37. The van der Waals surface area contributed by atoms with Gasteiger partial charge >= 0.3 is 0 Å². The molecule has 1 fully saturated rings. The largest absolute Gasteiger partial charge is 0.481 e. The molecule has 0 atom stereocenters. The summed E-state index contributed by atoms with van der Waals surface area (Å²) < 4.78 is 5.22. The monoisotopic (exact) mass is 264 g/mol. The predicted octanol–water partition coefficient (Wildman–Crippen LogP) is 1.76. The van der Waals surface area contributed by atoms with Crippen LogP contribution in [-0.4, -0.2) is 43.3 Å². The Balaban J connectivity index is 2.07. The molecule has 0 aliphatic heterocycles. The minimum absolute atomic E-state index is 0.559. The van der Waals surface area contributed by atoms with Gasteiger partial charge in [0.25, 0.3) is 0 Å². The van der Waals surface area contributed by atoms with E-state index in [1.807, 2.05) is 20.0 Å². The molecule has 1 aromatic heterocycles. The van der Waals surface area contributed by atoms with Crippen LogP contribution in [0.1, 0.15) is 31.5 Å². The third-order valence-electron chi connectivity index (χ3n) is 4.02. The van der Waals surface area contributed by atoms with Gasteiger partial charge in [0.1, 0.15) is 11.6 Å². The van der Waals surface area contributed by atoms with E-state index in [1.54, 1.807) is 7.11 Å². The van der Waals surface area contributed by atoms with E-state index in [2.05, 4.69) is 27.2 Å². The smallest absolute Gasteiger partial charge is 0.218 e. The molecule has 0 radical (unpaired) electrons. The first-order chi connectivity index (χ1) is 9.13. The second-order valence-electron chi connectivity index (χ2n) is 5.22. The first kappa shape index (κ1) is 14.1. The lowest BCUT2D eigenvalue weighted by Crippen LogP contribution is -2.40. The molecular weight excluding hydrogens is 240 g/mol. The van der Waals surface area contributed by atoms with E-state index < -0.39 is 0 Å². The molecule has 0 spiro atoms. The molecule has 5 nitrogen and oxygen atoms in total. The van der Waals surface area contributed by atoms with Gasteiger partial charge in [-0.05, 0) is 39.7 Å². The molecule has 0 aromatic carbocycles. The van der Waals surface area contributed by atoms with Crippen LogP contribution in [0.15, 0.2) is 6.07 Å². The van der Waals surface area contributed by atoms with Crippen LogP contribution in [0, 0.1) is 6.92 Å². The minimum Gasteiger partial charge on any atom is -0.481 e. The summed E-state index contributed by atoms with van der Waals surface area (Å²) in [6.45, 7) is 1.90. The fourth-order valence-electron chi connectivity index (χ4n) is 2.75. The van der Waals surface area contributed by atoms with Crippen molar-refractivity contribution < 1.29 is 4.74 Å². The third-order valence-corrected chi connectivity index (χ3v) is 4.02. The van der Waals surface area contributed by atoms with E-state index in [9.17, 15) is 0 Å². The van der Waals surface area contributed by atoms with Gasteiger partial charge in [0.2, 0.25) is 5.88 Å². The number of hydrogen-bond donors (Lipinski definition) is 1. The topological polar surface area (TPSA) is 50.3 Å². The number of aryl methyl sites for hydroxylation is 1. The molecule has 1 aliphatic carbocycles. The highest BCUT2D eigenvalue weighted by Crippen LogP contribution is 2.26. The summed E-state index contributed by atoms with van der Waals surface area (Å²) in [6.07, 6.45) is 4.86. The Hall–Kier alpha value is -1.36. The van der Waals surface area contributed by atoms with Crippen molar-refractivity contribution in [1.82, 2.24) is 15.3 Å². The van der Waals surface area contributed by atoms with Crippen LogP contribution in [0.4, 0.5) is 5.82 Å². The molecule has 0 bridgehead atoms. The van der Waals surface area contributed by atoms with Crippen LogP contribution in [0.2, 0.25) is 0 Å². The minimum atomic E-state index is 0.559. The summed E-state index contributed by atoms with van der Waals surface area (Å²) in [4.78, 5) is 11.0. The SMILES string of the molecule is CNC1CCC(N(C)c2cc(OC)nc(C)n2)CC1. The van der Waals surface area contributed by atoms with E-state index >= 15 is 0 Å². The lowest BCUT2D eigenvalue weighted by atomic mass is 9.90. The van der Waals surface area contributed by atoms with Gasteiger partial charge in [-0.1, -0.05) is 0 Å². The molecule has 19 heavy (non-hydrogen) atoms. The molecule has 5 heteroatoms. The van der Waals surface area contributed by atoms with Crippen molar-refractivity contribution in [3.05, 3.63) is 11.9 Å². The fraction of sp³-hybridized carbons (Fsp3) is 0.714. The van der Waals surface area contributed by atoms with Gasteiger partial charge in [0.15, 0.2) is 0 Å². The zero-order chi connectivity index (χ0) is 13.8. The van der Waals surface area contributed by atoms with Gasteiger partial charge in [0, 0.05) is 25.2 Å². The normalized spacial score (nSPS) is 23.2. The van der Waals surface area contributed by atoms with Crippen LogP contribution in [0.5, 0.6) is 5.88 Å². The lowest BCUT2D eigenvalue weighted by Gasteiger charge is -2.35. The fourth-order valence-corrected chi connectivity index (χ4v) is 2.75. The number of aromatic nitrogens is 2. The average Bonchev–Trinajstić information content (AvgIpc) is 2.46. The van der Waals surface area contributed by atoms with E-state index in [4.69, 9.17) is 4.74 Å². The van der Waals surface area contributed by atoms with Crippen molar-refractivity contribution >= 4 is 5.82 Å². The number of ether oxygens (including phenoxy) is 1. The predicted molar refractivity (Wildman–Crippen MR) is 76.8 cm³/mol. The quantitative estimate of drug-likeness (QED) is 0.898. The van der Waals surface area contributed by atoms with Crippen LogP contribution >= 0.6 is 0 Å². The van der Waals surface area contributed by atoms with Gasteiger partial charge in [-0.25, -0.2) is 4.98 Å². The molecule has 1 aliphatic rings. The zero-order valence-corrected chi connectivity index (χ0v) is 12.3. The number of anilines is 1. The Labute approximate surface area is 115 Å². The molecular formula is C14H24N4O. The number of hydrogen-bond acceptors (Lipinski definition) is 5. The summed E-state index contributed by atoms with van der Waals surface area (Å²) in [6, 6.07) is 3.15. The van der Waals surface area contributed by atoms with Crippen molar-refractivity contribution in [3.63, 3.8) is 0 Å². The Morgan fingerprint density at radius 3 is 2.53 bits per heavy atom. The van der Waals surface area contributed by atoms with Gasteiger partial charge in [0.05, 0.1) is 7.11 Å². The van der Waals surface area contributed by atoms with E-state index in [0.29, 0.717) is 18.0 Å². The van der Waals surface area contributed by atoms with Crippen LogP contribution < -0.4 is 15.0 Å². The summed E-state index contributed by atoms with van der Waals surface area (Å²) in [5.74, 6) is 2.35. The Bertz CT molecular complexity index is 416. The molecule has 0 saturated heterocycles. The summed E-state index contributed by atoms with van der Waals surface area (Å²) in [7, 11) is 5.81. The Kier molecular flexibility index (Phi) is 4.58. The van der Waals surface area contributed by atoms with E-state index in [1.165, 1.54) is 25.7 Å². The number of nitrogens with one attached hydrogen (secondary N) is 1. The highest BCUT2D eigenvalue weighted by molar-refractivity contribution is 5.42. The molecule has 106 valence electrons. The van der Waals surface area contributed by atoms with Gasteiger partial charge in [-0.15, -0.1) is 0 Å². The van der Waals surface area contributed by atoms with Crippen molar-refractivity contribution in [2.24, 2.45) is 0 Å². The van der Waals surface area contributed by atoms with E-state index in [-0.39, 0.29) is 0 Å². The van der Waals surface area contributed by atoms with Gasteiger partial charge < -0.3 is 15.0 Å². The van der Waals surface area contributed by atoms with Crippen LogP contribution in [0.25, 0.3) is 0 Å². The second-order valence-corrected chi connectivity index (χ2v) is 5.22. The number of rotatable bonds is 4. The molecule has 1 N–H and O–H groups in total. The first-order valence-electron chi connectivity index (χ1n) is 6.93. The highest BCUT2D eigenvalue weighted by Gasteiger charge is 2.24. The average molecular weight is 264 g/mol. The van der Waals surface area contributed by atoms with Crippen molar-refractivity contribution in [3.8, 4) is 5.88 Å². The van der Waals surface area contributed by atoms with Crippen LogP contribution in [-0.2, 0) is 0 Å². The molecule has 2 rings (SSSR count). The van der Waals surface area contributed by atoms with Gasteiger partial charge in [-0.3, -0.25) is 0 Å². The lowest BCUT2D eigenvalue weighted by molar-refractivity contribution is 0.349. The van der Waals surface area contributed by atoms with Crippen molar-refractivity contribution in [2.75, 3.05) is 26.1 Å². The maximum absolute atomic E-state index is 5.22. The highest BCUT2D eigenvalue weighted by atomic mass is 16.5. The molecule has 0 unspecified atom stereocenters. The maximum Gasteiger partial charge on any atom is 0.218 e. The Morgan fingerprint density at radius 1 is 1.26 bits per heavy atom. The molecule has 0 amide bonds. The van der Waals surface area contributed by atoms with Crippen molar-refractivity contribution in [2.45, 2.75) is 44.7 Å². The zero-order valence-electron chi connectivity index (χ0n) is 12.3. The Morgan fingerprint density at radius 2 is 1.95 bits per heavy atom. The second kappa shape index (κ2) is 6.19. The molecule has 1 aromatic rings.